The summed E-state index contributed by atoms with van der Waals surface area (Å²) in [4.78, 5) is 29.1. The summed E-state index contributed by atoms with van der Waals surface area (Å²) < 4.78 is 12.1. The number of ether oxygens (including phenoxy) is 2. The molecule has 0 radical (unpaired) electrons. The molecule has 2 amide bonds. The topological polar surface area (TPSA) is 71.1 Å². The predicted molar refractivity (Wildman–Crippen MR) is 131 cm³/mol. The van der Waals surface area contributed by atoms with Crippen molar-refractivity contribution in [1.82, 2.24) is 9.80 Å². The molecular weight excluding hydrogens is 418 g/mol. The number of rotatable bonds is 4. The first-order valence-corrected chi connectivity index (χ1v) is 12.3. The molecule has 184 valence electrons. The van der Waals surface area contributed by atoms with Gasteiger partial charge in [0.25, 0.3) is 5.91 Å². The standard InChI is InChI=1S/C26H41N3O4/c1-18-14-29(15-21-9-7-6-8-10-21)19(2)17-33-24-12-11-22(27-20(3)30)13-23(24)26(31)28(4)16-25(18)32-5/h11-13,18-19,21,25H,6-10,14-17H2,1-5H3,(H,27,30)/t18-,19-,25-/m0/s1. The first-order valence-electron chi connectivity index (χ1n) is 12.3. The van der Waals surface area contributed by atoms with Crippen molar-refractivity contribution in [2.45, 2.75) is 65.0 Å². The van der Waals surface area contributed by atoms with E-state index in [4.69, 9.17) is 9.47 Å². The number of fused-ring (bicyclic) bond motifs is 1. The van der Waals surface area contributed by atoms with Crippen LogP contribution in [-0.2, 0) is 9.53 Å². The van der Waals surface area contributed by atoms with Gasteiger partial charge in [-0.15, -0.1) is 0 Å². The second kappa shape index (κ2) is 11.8. The fraction of sp³-hybridized carbons (Fsp3) is 0.692. The Labute approximate surface area is 198 Å². The SMILES string of the molecule is CO[C@H]1CN(C)C(=O)c2cc(NC(C)=O)ccc2OC[C@H](C)N(CC2CCCCC2)C[C@@H]1C. The Morgan fingerprint density at radius 1 is 1.18 bits per heavy atom. The zero-order valence-corrected chi connectivity index (χ0v) is 20.9. The van der Waals surface area contributed by atoms with Crippen molar-refractivity contribution in [2.24, 2.45) is 11.8 Å². The van der Waals surface area contributed by atoms with Crippen LogP contribution in [0.25, 0.3) is 0 Å². The molecule has 1 aromatic rings. The third kappa shape index (κ3) is 6.93. The molecule has 1 heterocycles. The average molecular weight is 460 g/mol. The summed E-state index contributed by atoms with van der Waals surface area (Å²) in [5, 5.41) is 2.77. The van der Waals surface area contributed by atoms with Gasteiger partial charge in [0.05, 0.1) is 11.7 Å². The molecule has 1 aliphatic heterocycles. The first kappa shape index (κ1) is 25.5. The van der Waals surface area contributed by atoms with E-state index >= 15 is 0 Å². The van der Waals surface area contributed by atoms with Crippen LogP contribution in [0.15, 0.2) is 18.2 Å². The fourth-order valence-corrected chi connectivity index (χ4v) is 5.09. The highest BCUT2D eigenvalue weighted by Gasteiger charge is 2.29. The van der Waals surface area contributed by atoms with Crippen LogP contribution >= 0.6 is 0 Å². The van der Waals surface area contributed by atoms with E-state index in [0.717, 1.165) is 19.0 Å². The van der Waals surface area contributed by atoms with Crippen LogP contribution in [0, 0.1) is 11.8 Å². The minimum absolute atomic E-state index is 0.0673. The number of amides is 2. The highest BCUT2D eigenvalue weighted by molar-refractivity contribution is 5.99. The molecule has 0 aromatic heterocycles. The minimum atomic E-state index is -0.176. The third-order valence-corrected chi connectivity index (χ3v) is 7.11. The maximum Gasteiger partial charge on any atom is 0.257 e. The number of hydrogen-bond acceptors (Lipinski definition) is 5. The smallest absolute Gasteiger partial charge is 0.257 e. The van der Waals surface area contributed by atoms with Crippen molar-refractivity contribution in [1.29, 1.82) is 0 Å². The zero-order chi connectivity index (χ0) is 24.0. The van der Waals surface area contributed by atoms with Gasteiger partial charge in [-0.05, 0) is 49.8 Å². The van der Waals surface area contributed by atoms with Gasteiger partial charge < -0.3 is 19.7 Å². The number of carbonyl (C=O) groups excluding carboxylic acids is 2. The van der Waals surface area contributed by atoms with Gasteiger partial charge in [-0.3, -0.25) is 14.5 Å². The lowest BCUT2D eigenvalue weighted by Crippen LogP contribution is -2.48. The molecular formula is C26H41N3O4. The second-order valence-electron chi connectivity index (χ2n) is 9.95. The van der Waals surface area contributed by atoms with Crippen molar-refractivity contribution in [2.75, 3.05) is 45.7 Å². The molecule has 0 spiro atoms. The van der Waals surface area contributed by atoms with Gasteiger partial charge in [0.2, 0.25) is 5.91 Å². The van der Waals surface area contributed by atoms with Gasteiger partial charge in [0, 0.05) is 52.4 Å². The van der Waals surface area contributed by atoms with Crippen molar-refractivity contribution in [3.8, 4) is 5.75 Å². The van der Waals surface area contributed by atoms with Crippen LogP contribution in [0.5, 0.6) is 5.75 Å². The van der Waals surface area contributed by atoms with Gasteiger partial charge in [0.15, 0.2) is 0 Å². The summed E-state index contributed by atoms with van der Waals surface area (Å²) >= 11 is 0. The zero-order valence-electron chi connectivity index (χ0n) is 20.9. The summed E-state index contributed by atoms with van der Waals surface area (Å²) in [5.41, 5.74) is 1.04. The minimum Gasteiger partial charge on any atom is -0.491 e. The molecule has 7 heteroatoms. The monoisotopic (exact) mass is 459 g/mol. The molecule has 2 aliphatic rings. The highest BCUT2D eigenvalue weighted by atomic mass is 16.5. The van der Waals surface area contributed by atoms with E-state index in [1.165, 1.54) is 39.0 Å². The number of carbonyl (C=O) groups is 2. The molecule has 3 rings (SSSR count). The predicted octanol–water partition coefficient (Wildman–Crippen LogP) is 4.03. The first-order chi connectivity index (χ1) is 15.8. The Kier molecular flexibility index (Phi) is 9.15. The van der Waals surface area contributed by atoms with Crippen molar-refractivity contribution in [3.05, 3.63) is 23.8 Å². The van der Waals surface area contributed by atoms with E-state index in [1.807, 2.05) is 0 Å². The van der Waals surface area contributed by atoms with Gasteiger partial charge in [-0.25, -0.2) is 0 Å². The van der Waals surface area contributed by atoms with Crippen molar-refractivity contribution in [3.63, 3.8) is 0 Å². The molecule has 3 atom stereocenters. The van der Waals surface area contributed by atoms with Gasteiger partial charge in [0.1, 0.15) is 12.4 Å². The molecule has 1 N–H and O–H groups in total. The number of nitrogens with one attached hydrogen (secondary N) is 1. The molecule has 1 aromatic carbocycles. The average Bonchev–Trinajstić information content (AvgIpc) is 2.80. The summed E-state index contributed by atoms with van der Waals surface area (Å²) in [6.45, 7) is 8.86. The fourth-order valence-electron chi connectivity index (χ4n) is 5.09. The lowest BCUT2D eigenvalue weighted by Gasteiger charge is -2.38. The lowest BCUT2D eigenvalue weighted by molar-refractivity contribution is -0.114. The Morgan fingerprint density at radius 2 is 1.91 bits per heavy atom. The van der Waals surface area contributed by atoms with E-state index in [0.29, 0.717) is 30.2 Å². The number of likely N-dealkylation sites (N-methyl/N-ethyl adjacent to an activating group) is 1. The van der Waals surface area contributed by atoms with E-state index in [-0.39, 0.29) is 29.9 Å². The molecule has 0 unspecified atom stereocenters. The van der Waals surface area contributed by atoms with Crippen LogP contribution in [0.2, 0.25) is 0 Å². The summed E-state index contributed by atoms with van der Waals surface area (Å²) in [5.74, 6) is 1.23. The van der Waals surface area contributed by atoms with Crippen molar-refractivity contribution >= 4 is 17.5 Å². The molecule has 1 aliphatic carbocycles. The summed E-state index contributed by atoms with van der Waals surface area (Å²) in [6.07, 6.45) is 6.56. The quantitative estimate of drug-likeness (QED) is 0.736. The maximum atomic E-state index is 13.3. The van der Waals surface area contributed by atoms with Crippen molar-refractivity contribution < 1.29 is 19.1 Å². The highest BCUT2D eigenvalue weighted by Crippen LogP contribution is 2.28. The van der Waals surface area contributed by atoms with Crippen LogP contribution in [0.4, 0.5) is 5.69 Å². The number of nitrogens with zero attached hydrogens (tertiary/aromatic N) is 2. The van der Waals surface area contributed by atoms with Gasteiger partial charge >= 0.3 is 0 Å². The lowest BCUT2D eigenvalue weighted by atomic mass is 9.88. The maximum absolute atomic E-state index is 13.3. The molecule has 1 fully saturated rings. The van der Waals surface area contributed by atoms with E-state index in [1.54, 1.807) is 37.3 Å². The van der Waals surface area contributed by atoms with Crippen LogP contribution < -0.4 is 10.1 Å². The summed E-state index contributed by atoms with van der Waals surface area (Å²) in [7, 11) is 3.52. The number of anilines is 1. The van der Waals surface area contributed by atoms with E-state index in [9.17, 15) is 9.59 Å². The molecule has 0 bridgehead atoms. The molecule has 1 saturated carbocycles. The van der Waals surface area contributed by atoms with E-state index < -0.39 is 0 Å². The van der Waals surface area contributed by atoms with Crippen LogP contribution in [0.3, 0.4) is 0 Å². The summed E-state index contributed by atoms with van der Waals surface area (Å²) in [6, 6.07) is 5.48. The van der Waals surface area contributed by atoms with E-state index in [2.05, 4.69) is 24.1 Å². The molecule has 33 heavy (non-hydrogen) atoms. The number of benzene rings is 1. The van der Waals surface area contributed by atoms with Gasteiger partial charge in [-0.2, -0.15) is 0 Å². The Balaban J connectivity index is 1.89. The Bertz CT molecular complexity index is 809. The molecule has 7 nitrogen and oxygen atoms in total. The second-order valence-corrected chi connectivity index (χ2v) is 9.95. The van der Waals surface area contributed by atoms with Gasteiger partial charge in [-0.1, -0.05) is 26.2 Å². The Hall–Kier alpha value is -2.12. The Morgan fingerprint density at radius 3 is 2.58 bits per heavy atom. The number of methoxy groups -OCH3 is 1. The largest absolute Gasteiger partial charge is 0.491 e. The third-order valence-electron chi connectivity index (χ3n) is 7.11. The normalized spacial score (nSPS) is 26.0. The molecule has 0 saturated heterocycles. The number of hydrogen-bond donors (Lipinski definition) is 1. The van der Waals surface area contributed by atoms with Crippen LogP contribution in [-0.4, -0.2) is 74.2 Å². The van der Waals surface area contributed by atoms with Crippen LogP contribution in [0.1, 0.15) is 63.2 Å².